The van der Waals surface area contributed by atoms with Crippen molar-refractivity contribution >= 4 is 17.6 Å². The van der Waals surface area contributed by atoms with Gasteiger partial charge in [-0.05, 0) is 36.8 Å². The Labute approximate surface area is 137 Å². The molecule has 0 atom stereocenters. The predicted octanol–water partition coefficient (Wildman–Crippen LogP) is 4.62. The Hall–Kier alpha value is -3.41. The van der Waals surface area contributed by atoms with Gasteiger partial charge < -0.3 is 9.52 Å². The maximum absolute atomic E-state index is 11.1. The van der Waals surface area contributed by atoms with Gasteiger partial charge in [-0.15, -0.1) is 0 Å². The van der Waals surface area contributed by atoms with Crippen molar-refractivity contribution < 1.29 is 14.4 Å². The van der Waals surface area contributed by atoms with Crippen LogP contribution in [0.3, 0.4) is 0 Å². The molecule has 6 heteroatoms. The highest BCUT2D eigenvalue weighted by Gasteiger charge is 2.16. The smallest absolute Gasteiger partial charge is 0.280 e. The highest BCUT2D eigenvalue weighted by atomic mass is 16.6. The second-order valence-electron chi connectivity index (χ2n) is 5.21. The number of benzene rings is 2. The molecular weight excluding hydrogens is 308 g/mol. The molecule has 3 aromatic rings. The van der Waals surface area contributed by atoms with Crippen LogP contribution in [0.4, 0.5) is 11.4 Å². The molecule has 3 rings (SSSR count). The maximum atomic E-state index is 11.1. The first kappa shape index (κ1) is 15.5. The van der Waals surface area contributed by atoms with Gasteiger partial charge in [-0.1, -0.05) is 18.2 Å². The number of rotatable bonds is 4. The quantitative estimate of drug-likeness (QED) is 0.431. The lowest BCUT2D eigenvalue weighted by Gasteiger charge is -2.00. The molecule has 0 aliphatic rings. The van der Waals surface area contributed by atoms with Crippen LogP contribution in [-0.4, -0.2) is 16.2 Å². The molecule has 0 amide bonds. The predicted molar refractivity (Wildman–Crippen MR) is 90.9 cm³/mol. The summed E-state index contributed by atoms with van der Waals surface area (Å²) in [6, 6.07) is 14.7. The van der Waals surface area contributed by atoms with Crippen LogP contribution in [0.25, 0.3) is 11.3 Å². The molecule has 0 unspecified atom stereocenters. The van der Waals surface area contributed by atoms with Crippen molar-refractivity contribution in [2.45, 2.75) is 6.92 Å². The van der Waals surface area contributed by atoms with Gasteiger partial charge in [0.15, 0.2) is 0 Å². The van der Waals surface area contributed by atoms with E-state index in [0.29, 0.717) is 22.8 Å². The van der Waals surface area contributed by atoms with Gasteiger partial charge in [0, 0.05) is 12.1 Å². The van der Waals surface area contributed by atoms with Crippen molar-refractivity contribution in [1.29, 1.82) is 0 Å². The topological polar surface area (TPSA) is 88.9 Å². The fourth-order valence-electron chi connectivity index (χ4n) is 2.28. The number of nitrogens with zero attached hydrogens (tertiary/aromatic N) is 2. The van der Waals surface area contributed by atoms with E-state index in [1.54, 1.807) is 48.5 Å². The highest BCUT2D eigenvalue weighted by Crippen LogP contribution is 2.31. The number of aromatic hydroxyl groups is 1. The Balaban J connectivity index is 1.90. The minimum Gasteiger partial charge on any atom is -0.508 e. The number of aryl methyl sites for hydroxylation is 1. The third-order valence-corrected chi connectivity index (χ3v) is 3.52. The van der Waals surface area contributed by atoms with Crippen molar-refractivity contribution in [3.63, 3.8) is 0 Å². The molecule has 24 heavy (non-hydrogen) atoms. The summed E-state index contributed by atoms with van der Waals surface area (Å²) in [5, 5.41) is 20.6. The van der Waals surface area contributed by atoms with Crippen LogP contribution in [0.1, 0.15) is 11.3 Å². The fraction of sp³-hybridized carbons (Fsp3) is 0.0556. The minimum atomic E-state index is -0.443. The lowest BCUT2D eigenvalue weighted by molar-refractivity contribution is -0.384. The van der Waals surface area contributed by atoms with Crippen LogP contribution in [0.2, 0.25) is 0 Å². The molecule has 0 saturated carbocycles. The monoisotopic (exact) mass is 322 g/mol. The first-order chi connectivity index (χ1) is 11.5. The number of hydrogen-bond acceptors (Lipinski definition) is 5. The maximum Gasteiger partial charge on any atom is 0.280 e. The van der Waals surface area contributed by atoms with Crippen LogP contribution in [0.5, 0.6) is 5.75 Å². The van der Waals surface area contributed by atoms with Gasteiger partial charge in [-0.2, -0.15) is 0 Å². The van der Waals surface area contributed by atoms with Crippen LogP contribution in [0.15, 0.2) is 64.0 Å². The second-order valence-corrected chi connectivity index (χ2v) is 5.21. The third kappa shape index (κ3) is 3.17. The van der Waals surface area contributed by atoms with Gasteiger partial charge in [0.25, 0.3) is 5.69 Å². The number of phenolic OH excluding ortho intramolecular Hbond substituents is 1. The summed E-state index contributed by atoms with van der Waals surface area (Å²) in [5.74, 6) is 0.995. The SMILES string of the molecule is Cc1ccc(O)cc1N=Cc1ccc(-c2ccccc2[N+](=O)[O-])o1. The number of furan rings is 1. The first-order valence-electron chi connectivity index (χ1n) is 7.22. The number of nitro benzene ring substituents is 1. The van der Waals surface area contributed by atoms with E-state index in [9.17, 15) is 15.2 Å². The van der Waals surface area contributed by atoms with Gasteiger partial charge in [0.2, 0.25) is 0 Å². The average molecular weight is 322 g/mol. The van der Waals surface area contributed by atoms with Crippen molar-refractivity contribution in [2.75, 3.05) is 0 Å². The Kier molecular flexibility index (Phi) is 4.11. The zero-order valence-electron chi connectivity index (χ0n) is 12.8. The van der Waals surface area contributed by atoms with Gasteiger partial charge in [0.1, 0.15) is 17.3 Å². The standard InChI is InChI=1S/C18H14N2O4/c1-12-6-7-13(21)10-16(12)19-11-14-8-9-18(24-14)15-4-2-3-5-17(15)20(22)23/h2-11,21H,1H3. The van der Waals surface area contributed by atoms with Crippen LogP contribution in [-0.2, 0) is 0 Å². The summed E-state index contributed by atoms with van der Waals surface area (Å²) in [6.45, 7) is 1.88. The van der Waals surface area contributed by atoms with Gasteiger partial charge in [-0.3, -0.25) is 15.1 Å². The Morgan fingerprint density at radius 1 is 1.17 bits per heavy atom. The lowest BCUT2D eigenvalue weighted by Crippen LogP contribution is -1.90. The van der Waals surface area contributed by atoms with E-state index in [1.165, 1.54) is 12.3 Å². The van der Waals surface area contributed by atoms with Crippen LogP contribution in [0, 0.1) is 17.0 Å². The van der Waals surface area contributed by atoms with E-state index in [4.69, 9.17) is 4.42 Å². The Morgan fingerprint density at radius 3 is 2.75 bits per heavy atom. The summed E-state index contributed by atoms with van der Waals surface area (Å²) in [7, 11) is 0. The number of aliphatic imine (C=N–C) groups is 1. The van der Waals surface area contributed by atoms with Crippen molar-refractivity contribution in [3.05, 3.63) is 76.0 Å². The first-order valence-corrected chi connectivity index (χ1v) is 7.22. The molecule has 1 N–H and O–H groups in total. The molecule has 0 aliphatic carbocycles. The van der Waals surface area contributed by atoms with E-state index in [1.807, 2.05) is 6.92 Å². The normalized spacial score (nSPS) is 11.0. The highest BCUT2D eigenvalue weighted by molar-refractivity contribution is 5.81. The lowest BCUT2D eigenvalue weighted by atomic mass is 10.1. The molecule has 0 saturated heterocycles. The van der Waals surface area contributed by atoms with Crippen molar-refractivity contribution in [2.24, 2.45) is 4.99 Å². The van der Waals surface area contributed by atoms with E-state index < -0.39 is 4.92 Å². The van der Waals surface area contributed by atoms with Crippen molar-refractivity contribution in [1.82, 2.24) is 0 Å². The number of hydrogen-bond donors (Lipinski definition) is 1. The molecule has 2 aromatic carbocycles. The molecular formula is C18H14N2O4. The van der Waals surface area contributed by atoms with Gasteiger partial charge in [-0.25, -0.2) is 0 Å². The average Bonchev–Trinajstić information content (AvgIpc) is 3.04. The molecule has 120 valence electrons. The summed E-state index contributed by atoms with van der Waals surface area (Å²) < 4.78 is 5.64. The Bertz CT molecular complexity index is 928. The molecule has 0 radical (unpaired) electrons. The van der Waals surface area contributed by atoms with E-state index in [0.717, 1.165) is 5.56 Å². The van der Waals surface area contributed by atoms with E-state index >= 15 is 0 Å². The second kappa shape index (κ2) is 6.37. The van der Waals surface area contributed by atoms with Gasteiger partial charge in [0.05, 0.1) is 22.4 Å². The summed E-state index contributed by atoms with van der Waals surface area (Å²) >= 11 is 0. The van der Waals surface area contributed by atoms with Crippen molar-refractivity contribution in [3.8, 4) is 17.1 Å². The fourth-order valence-corrected chi connectivity index (χ4v) is 2.28. The van der Waals surface area contributed by atoms with Crippen LogP contribution < -0.4 is 0 Å². The molecule has 1 heterocycles. The zero-order valence-corrected chi connectivity index (χ0v) is 12.8. The molecule has 0 bridgehead atoms. The molecule has 1 aromatic heterocycles. The summed E-state index contributed by atoms with van der Waals surface area (Å²) in [5.41, 5.74) is 1.93. The Morgan fingerprint density at radius 2 is 1.96 bits per heavy atom. The van der Waals surface area contributed by atoms with E-state index in [-0.39, 0.29) is 11.4 Å². The molecule has 0 spiro atoms. The van der Waals surface area contributed by atoms with Crippen LogP contribution >= 0.6 is 0 Å². The number of phenols is 1. The third-order valence-electron chi connectivity index (χ3n) is 3.52. The largest absolute Gasteiger partial charge is 0.508 e. The minimum absolute atomic E-state index is 0.0147. The molecule has 0 aliphatic heterocycles. The molecule has 0 fully saturated rings. The van der Waals surface area contributed by atoms with Gasteiger partial charge >= 0.3 is 0 Å². The zero-order chi connectivity index (χ0) is 17.1. The number of nitro groups is 1. The molecule has 6 nitrogen and oxygen atoms in total. The number of para-hydroxylation sites is 1. The van der Waals surface area contributed by atoms with E-state index in [2.05, 4.69) is 4.99 Å². The summed E-state index contributed by atoms with van der Waals surface area (Å²) in [4.78, 5) is 14.9. The summed E-state index contributed by atoms with van der Waals surface area (Å²) in [6.07, 6.45) is 1.51.